The summed E-state index contributed by atoms with van der Waals surface area (Å²) in [6, 6.07) is -0.0471. The summed E-state index contributed by atoms with van der Waals surface area (Å²) in [4.78, 5) is 39.7. The Morgan fingerprint density at radius 3 is 2.15 bits per heavy atom. The van der Waals surface area contributed by atoms with Crippen molar-refractivity contribution in [3.05, 3.63) is 0 Å². The van der Waals surface area contributed by atoms with Crippen LogP contribution in [0.15, 0.2) is 0 Å². The molecule has 0 unspecified atom stereocenters. The lowest BCUT2D eigenvalue weighted by molar-refractivity contribution is -0.175. The zero-order valence-corrected chi connectivity index (χ0v) is 31.2. The molecule has 4 saturated heterocycles. The van der Waals surface area contributed by atoms with Crippen molar-refractivity contribution in [3.63, 3.8) is 0 Å². The summed E-state index contributed by atoms with van der Waals surface area (Å²) in [7, 11) is 0. The van der Waals surface area contributed by atoms with Gasteiger partial charge in [-0.3, -0.25) is 9.59 Å². The monoisotopic (exact) mass is 679 g/mol. The fraction of sp³-hybridized carbons (Fsp3) is 0.921. The molecule has 4 fully saturated rings. The van der Waals surface area contributed by atoms with Crippen LogP contribution in [-0.2, 0) is 38.0 Å². The standard InChI is InChI=1S/C38H65NO9/c1-10-12-26(39-37(42)48-38(7,8)9)20-28-14-16-30(43-28)22(3)34-23(4)31-18-19-33(46-31)25(6)35(40)45-27(13-11-2)21-29-15-17-32(44-29)24(5)36(41)47-34/h22-34H,10-21H2,1-9H3,(H,39,42)/t22-,23+,24+,25-,26-,27+,28+,29+,30-,31+,32-,33-,34+/m1/s1. The second-order valence-electron chi connectivity index (χ2n) is 16.2. The summed E-state index contributed by atoms with van der Waals surface area (Å²) in [5, 5.41) is 3.06. The third-order valence-corrected chi connectivity index (χ3v) is 11.0. The Hall–Kier alpha value is -1.91. The molecule has 0 spiro atoms. The molecule has 10 nitrogen and oxygen atoms in total. The average Bonchev–Trinajstić information content (AvgIpc) is 3.79. The molecule has 4 rings (SSSR count). The van der Waals surface area contributed by atoms with Gasteiger partial charge in [-0.2, -0.15) is 0 Å². The Labute approximate surface area is 289 Å². The minimum absolute atomic E-state index is 0.0145. The van der Waals surface area contributed by atoms with Gasteiger partial charge in [0.25, 0.3) is 0 Å². The Morgan fingerprint density at radius 1 is 0.833 bits per heavy atom. The number of hydrogen-bond donors (Lipinski definition) is 1. The molecule has 10 heteroatoms. The number of carbonyl (C=O) groups excluding carboxylic acids is 3. The molecule has 4 heterocycles. The lowest BCUT2D eigenvalue weighted by atomic mass is 9.84. The highest BCUT2D eigenvalue weighted by Crippen LogP contribution is 2.39. The summed E-state index contributed by atoms with van der Waals surface area (Å²) in [5.74, 6) is -1.43. The lowest BCUT2D eigenvalue weighted by Gasteiger charge is -2.36. The number of esters is 2. The van der Waals surface area contributed by atoms with Crippen LogP contribution in [-0.4, -0.2) is 78.5 Å². The number of amides is 1. The first-order chi connectivity index (χ1) is 22.7. The van der Waals surface area contributed by atoms with Gasteiger partial charge in [-0.15, -0.1) is 0 Å². The Balaban J connectivity index is 1.48. The summed E-state index contributed by atoms with van der Waals surface area (Å²) in [6.45, 7) is 17.8. The molecule has 48 heavy (non-hydrogen) atoms. The van der Waals surface area contributed by atoms with Crippen molar-refractivity contribution in [1.82, 2.24) is 5.32 Å². The van der Waals surface area contributed by atoms with Crippen LogP contribution in [0, 0.1) is 23.7 Å². The van der Waals surface area contributed by atoms with E-state index in [-0.39, 0.29) is 78.5 Å². The van der Waals surface area contributed by atoms with Crippen molar-refractivity contribution in [2.45, 2.75) is 200 Å². The van der Waals surface area contributed by atoms with E-state index in [0.29, 0.717) is 12.8 Å². The fourth-order valence-electron chi connectivity index (χ4n) is 8.17. The number of cyclic esters (lactones) is 2. The Bertz CT molecular complexity index is 1060. The summed E-state index contributed by atoms with van der Waals surface area (Å²) < 4.78 is 37.7. The van der Waals surface area contributed by atoms with Gasteiger partial charge < -0.3 is 33.7 Å². The maximum Gasteiger partial charge on any atom is 0.407 e. The quantitative estimate of drug-likeness (QED) is 0.198. The molecular weight excluding hydrogens is 614 g/mol. The first kappa shape index (κ1) is 38.9. The van der Waals surface area contributed by atoms with Gasteiger partial charge >= 0.3 is 18.0 Å². The van der Waals surface area contributed by atoms with Crippen molar-refractivity contribution in [2.24, 2.45) is 23.7 Å². The van der Waals surface area contributed by atoms with E-state index < -0.39 is 23.7 Å². The van der Waals surface area contributed by atoms with Gasteiger partial charge in [0.15, 0.2) is 0 Å². The third-order valence-electron chi connectivity index (χ3n) is 11.0. The van der Waals surface area contributed by atoms with E-state index in [1.807, 2.05) is 34.6 Å². The molecule has 4 bridgehead atoms. The number of fused-ring (bicyclic) bond motifs is 4. The molecule has 4 aliphatic rings. The van der Waals surface area contributed by atoms with Crippen LogP contribution in [0.1, 0.15) is 139 Å². The summed E-state index contributed by atoms with van der Waals surface area (Å²) in [6.07, 6.45) is 7.85. The van der Waals surface area contributed by atoms with Crippen molar-refractivity contribution in [1.29, 1.82) is 0 Å². The minimum atomic E-state index is -0.560. The first-order valence-corrected chi connectivity index (χ1v) is 19.1. The van der Waals surface area contributed by atoms with Crippen LogP contribution in [0.3, 0.4) is 0 Å². The highest BCUT2D eigenvalue weighted by atomic mass is 16.6. The molecule has 13 atom stereocenters. The minimum Gasteiger partial charge on any atom is -0.462 e. The van der Waals surface area contributed by atoms with Crippen molar-refractivity contribution >= 4 is 18.0 Å². The smallest absolute Gasteiger partial charge is 0.407 e. The molecule has 1 N–H and O–H groups in total. The lowest BCUT2D eigenvalue weighted by Crippen LogP contribution is -2.44. The molecule has 0 aliphatic carbocycles. The van der Waals surface area contributed by atoms with Crippen LogP contribution < -0.4 is 5.32 Å². The van der Waals surface area contributed by atoms with Crippen molar-refractivity contribution in [3.8, 4) is 0 Å². The number of rotatable bonds is 9. The average molecular weight is 680 g/mol. The molecule has 276 valence electrons. The van der Waals surface area contributed by atoms with Crippen LogP contribution >= 0.6 is 0 Å². The van der Waals surface area contributed by atoms with Gasteiger partial charge in [0, 0.05) is 24.3 Å². The van der Waals surface area contributed by atoms with Gasteiger partial charge in [0.1, 0.15) is 17.8 Å². The van der Waals surface area contributed by atoms with Crippen LogP contribution in [0.4, 0.5) is 4.79 Å². The molecule has 1 amide bonds. The maximum atomic E-state index is 13.8. The number of nitrogens with one attached hydrogen (secondary N) is 1. The predicted octanol–water partition coefficient (Wildman–Crippen LogP) is 7.28. The second kappa shape index (κ2) is 17.3. The number of ether oxygens (including phenoxy) is 6. The molecule has 0 radical (unpaired) electrons. The summed E-state index contributed by atoms with van der Waals surface area (Å²) in [5.41, 5.74) is -0.560. The van der Waals surface area contributed by atoms with Crippen LogP contribution in [0.2, 0.25) is 0 Å². The fourth-order valence-corrected chi connectivity index (χ4v) is 8.17. The molecule has 0 aromatic carbocycles. The van der Waals surface area contributed by atoms with Gasteiger partial charge in [0.2, 0.25) is 0 Å². The normalized spacial score (nSPS) is 37.8. The molecule has 4 aliphatic heterocycles. The van der Waals surface area contributed by atoms with E-state index in [1.165, 1.54) is 0 Å². The van der Waals surface area contributed by atoms with Gasteiger partial charge in [-0.25, -0.2) is 4.79 Å². The topological polar surface area (TPSA) is 119 Å². The zero-order chi connectivity index (χ0) is 35.2. The van der Waals surface area contributed by atoms with Gasteiger partial charge in [0.05, 0.1) is 48.5 Å². The van der Waals surface area contributed by atoms with E-state index in [0.717, 1.165) is 64.2 Å². The van der Waals surface area contributed by atoms with E-state index >= 15 is 0 Å². The summed E-state index contributed by atoms with van der Waals surface area (Å²) >= 11 is 0. The largest absolute Gasteiger partial charge is 0.462 e. The molecule has 0 aromatic heterocycles. The molecular formula is C38H65NO9. The van der Waals surface area contributed by atoms with Crippen LogP contribution in [0.25, 0.3) is 0 Å². The van der Waals surface area contributed by atoms with Gasteiger partial charge in [-0.1, -0.05) is 40.5 Å². The first-order valence-electron chi connectivity index (χ1n) is 19.1. The zero-order valence-electron chi connectivity index (χ0n) is 31.2. The van der Waals surface area contributed by atoms with E-state index in [9.17, 15) is 14.4 Å². The molecule has 0 aromatic rings. The predicted molar refractivity (Wildman–Crippen MR) is 182 cm³/mol. The maximum absolute atomic E-state index is 13.8. The highest BCUT2D eigenvalue weighted by Gasteiger charge is 2.46. The number of alkyl carbamates (subject to hydrolysis) is 1. The van der Waals surface area contributed by atoms with Crippen molar-refractivity contribution in [2.75, 3.05) is 0 Å². The Morgan fingerprint density at radius 2 is 1.48 bits per heavy atom. The van der Waals surface area contributed by atoms with E-state index in [2.05, 4.69) is 33.0 Å². The van der Waals surface area contributed by atoms with E-state index in [1.54, 1.807) is 0 Å². The Kier molecular flexibility index (Phi) is 14.1. The van der Waals surface area contributed by atoms with Crippen LogP contribution in [0.5, 0.6) is 0 Å². The second-order valence-corrected chi connectivity index (χ2v) is 16.2. The van der Waals surface area contributed by atoms with E-state index in [4.69, 9.17) is 28.4 Å². The number of hydrogen-bond acceptors (Lipinski definition) is 9. The molecule has 0 saturated carbocycles. The highest BCUT2D eigenvalue weighted by molar-refractivity contribution is 5.73. The van der Waals surface area contributed by atoms with Crippen molar-refractivity contribution < 1.29 is 42.8 Å². The SMILES string of the molecule is CCC[C@H](C[C@@H]1CC[C@H]([C@@H](C)[C@@H]2OC(=O)[C@@H](C)[C@H]3CC[C@@H](C[C@H](CCC)OC(=O)[C@H](C)[C@H]4CC[C@H](O4)[C@@H]2C)O3)O1)NC(=O)OC(C)(C)C. The number of carbonyl (C=O) groups is 3. The van der Waals surface area contributed by atoms with Gasteiger partial charge in [-0.05, 0) is 92.4 Å². The third kappa shape index (κ3) is 10.5.